The van der Waals surface area contributed by atoms with Crippen LogP contribution in [0.25, 0.3) is 0 Å². The van der Waals surface area contributed by atoms with E-state index in [1.807, 2.05) is 24.3 Å². The van der Waals surface area contributed by atoms with Crippen LogP contribution in [0.1, 0.15) is 35.3 Å². The lowest BCUT2D eigenvalue weighted by molar-refractivity contribution is -0.115. The second kappa shape index (κ2) is 8.61. The molecule has 6 heteroatoms. The average Bonchev–Trinajstić information content (AvgIpc) is 2.57. The number of anilines is 1. The van der Waals surface area contributed by atoms with E-state index >= 15 is 0 Å². The van der Waals surface area contributed by atoms with Crippen molar-refractivity contribution in [2.24, 2.45) is 5.73 Å². The molecule has 0 fully saturated rings. The summed E-state index contributed by atoms with van der Waals surface area (Å²) < 4.78 is 1.03. The highest BCUT2D eigenvalue weighted by atomic mass is 79.9. The topological polar surface area (TPSA) is 84.2 Å². The second-order valence-corrected chi connectivity index (χ2v) is 6.30. The lowest BCUT2D eigenvalue weighted by Gasteiger charge is -2.17. The predicted molar refractivity (Wildman–Crippen MR) is 98.8 cm³/mol. The van der Waals surface area contributed by atoms with Crippen molar-refractivity contribution in [3.63, 3.8) is 0 Å². The monoisotopic (exact) mass is 389 g/mol. The molecule has 2 aromatic carbocycles. The molecule has 2 rings (SSSR count). The number of amides is 2. The van der Waals surface area contributed by atoms with Crippen LogP contribution in [0.2, 0.25) is 0 Å². The molecule has 0 heterocycles. The fourth-order valence-corrected chi connectivity index (χ4v) is 2.60. The Morgan fingerprint density at radius 1 is 1.08 bits per heavy atom. The van der Waals surface area contributed by atoms with E-state index in [0.717, 1.165) is 16.5 Å². The zero-order chi connectivity index (χ0) is 17.5. The first-order chi connectivity index (χ1) is 11.5. The van der Waals surface area contributed by atoms with Gasteiger partial charge in [0, 0.05) is 21.8 Å². The van der Waals surface area contributed by atoms with Gasteiger partial charge in [-0.1, -0.05) is 35.0 Å². The maximum absolute atomic E-state index is 12.1. The summed E-state index contributed by atoms with van der Waals surface area (Å²) in [4.78, 5) is 23.1. The standard InChI is InChI=1S/C18H20BrN3O2/c1-2-16(12-3-7-14(19)8-4-12)21-11-17(23)22-15-9-5-13(6-10-15)18(20)24/h3-10,16,21H,2,11H2,1H3,(H2,20,24)(H,22,23)/t16-/m1/s1. The molecule has 24 heavy (non-hydrogen) atoms. The van der Waals surface area contributed by atoms with Gasteiger partial charge in [0.25, 0.3) is 0 Å². The van der Waals surface area contributed by atoms with E-state index < -0.39 is 5.91 Å². The minimum absolute atomic E-state index is 0.112. The van der Waals surface area contributed by atoms with Crippen LogP contribution in [-0.2, 0) is 4.79 Å². The zero-order valence-corrected chi connectivity index (χ0v) is 15.0. The molecule has 1 atom stereocenters. The van der Waals surface area contributed by atoms with Crippen LogP contribution < -0.4 is 16.4 Å². The third-order valence-corrected chi connectivity index (χ3v) is 4.17. The van der Waals surface area contributed by atoms with Crippen LogP contribution in [0.3, 0.4) is 0 Å². The van der Waals surface area contributed by atoms with Gasteiger partial charge in [-0.15, -0.1) is 0 Å². The van der Waals surface area contributed by atoms with Gasteiger partial charge in [-0.2, -0.15) is 0 Å². The average molecular weight is 390 g/mol. The summed E-state index contributed by atoms with van der Waals surface area (Å²) in [6.45, 7) is 2.27. The molecule has 2 aromatic rings. The van der Waals surface area contributed by atoms with Crippen LogP contribution in [0, 0.1) is 0 Å². The lowest BCUT2D eigenvalue weighted by Crippen LogP contribution is -2.31. The van der Waals surface area contributed by atoms with Crippen molar-refractivity contribution in [2.75, 3.05) is 11.9 Å². The van der Waals surface area contributed by atoms with Crippen LogP contribution in [0.5, 0.6) is 0 Å². The third-order valence-electron chi connectivity index (χ3n) is 3.64. The number of carbonyl (C=O) groups is 2. The molecular weight excluding hydrogens is 370 g/mol. The van der Waals surface area contributed by atoms with Crippen LogP contribution >= 0.6 is 15.9 Å². The highest BCUT2D eigenvalue weighted by molar-refractivity contribution is 9.10. The Morgan fingerprint density at radius 3 is 2.25 bits per heavy atom. The Kier molecular flexibility index (Phi) is 6.52. The first kappa shape index (κ1) is 18.2. The fraction of sp³-hybridized carbons (Fsp3) is 0.222. The molecule has 0 aliphatic carbocycles. The van der Waals surface area contributed by atoms with E-state index in [9.17, 15) is 9.59 Å². The van der Waals surface area contributed by atoms with Crippen molar-refractivity contribution in [3.8, 4) is 0 Å². The molecule has 0 saturated carbocycles. The Bertz CT molecular complexity index is 699. The van der Waals surface area contributed by atoms with Crippen LogP contribution in [-0.4, -0.2) is 18.4 Å². The van der Waals surface area contributed by atoms with E-state index in [1.165, 1.54) is 0 Å². The lowest BCUT2D eigenvalue weighted by atomic mass is 10.0. The van der Waals surface area contributed by atoms with E-state index in [0.29, 0.717) is 11.3 Å². The molecule has 0 bridgehead atoms. The summed E-state index contributed by atoms with van der Waals surface area (Å²) >= 11 is 3.42. The molecule has 0 aromatic heterocycles. The van der Waals surface area contributed by atoms with E-state index in [-0.39, 0.29) is 18.5 Å². The summed E-state index contributed by atoms with van der Waals surface area (Å²) in [5.41, 5.74) is 7.36. The van der Waals surface area contributed by atoms with Crippen molar-refractivity contribution in [3.05, 3.63) is 64.1 Å². The van der Waals surface area contributed by atoms with Crippen molar-refractivity contribution in [1.29, 1.82) is 0 Å². The van der Waals surface area contributed by atoms with Crippen LogP contribution in [0.15, 0.2) is 53.0 Å². The van der Waals surface area contributed by atoms with Gasteiger partial charge in [0.1, 0.15) is 0 Å². The summed E-state index contributed by atoms with van der Waals surface area (Å²) in [5, 5.41) is 6.04. The molecular formula is C18H20BrN3O2. The van der Waals surface area contributed by atoms with Gasteiger partial charge in [-0.25, -0.2) is 0 Å². The largest absolute Gasteiger partial charge is 0.366 e. The first-order valence-electron chi connectivity index (χ1n) is 7.68. The van der Waals surface area contributed by atoms with Crippen molar-refractivity contribution in [1.82, 2.24) is 5.32 Å². The van der Waals surface area contributed by atoms with Gasteiger partial charge in [-0.3, -0.25) is 9.59 Å². The predicted octanol–water partition coefficient (Wildman–Crippen LogP) is 3.23. The number of benzene rings is 2. The maximum Gasteiger partial charge on any atom is 0.248 e. The van der Waals surface area contributed by atoms with Crippen molar-refractivity contribution in [2.45, 2.75) is 19.4 Å². The van der Waals surface area contributed by atoms with E-state index in [4.69, 9.17) is 5.73 Å². The zero-order valence-electron chi connectivity index (χ0n) is 13.4. The van der Waals surface area contributed by atoms with Gasteiger partial charge in [-0.05, 0) is 48.4 Å². The Labute approximate surface area is 149 Å². The quantitative estimate of drug-likeness (QED) is 0.679. The molecule has 0 unspecified atom stereocenters. The second-order valence-electron chi connectivity index (χ2n) is 5.38. The van der Waals surface area contributed by atoms with Gasteiger partial charge in [0.2, 0.25) is 11.8 Å². The van der Waals surface area contributed by atoms with Gasteiger partial charge in [0.15, 0.2) is 0 Å². The molecule has 0 radical (unpaired) electrons. The normalized spacial score (nSPS) is 11.8. The number of halogens is 1. The minimum atomic E-state index is -0.491. The summed E-state index contributed by atoms with van der Waals surface area (Å²) in [6.07, 6.45) is 0.877. The molecule has 0 spiro atoms. The Balaban J connectivity index is 1.89. The SMILES string of the molecule is CC[C@@H](NCC(=O)Nc1ccc(C(N)=O)cc1)c1ccc(Br)cc1. The van der Waals surface area contributed by atoms with E-state index in [1.54, 1.807) is 24.3 Å². The number of nitrogens with two attached hydrogens (primary N) is 1. The molecule has 0 saturated heterocycles. The van der Waals surface area contributed by atoms with Crippen molar-refractivity contribution < 1.29 is 9.59 Å². The highest BCUT2D eigenvalue weighted by Crippen LogP contribution is 2.19. The molecule has 5 nitrogen and oxygen atoms in total. The van der Waals surface area contributed by atoms with Gasteiger partial charge < -0.3 is 16.4 Å². The smallest absolute Gasteiger partial charge is 0.248 e. The summed E-state index contributed by atoms with van der Waals surface area (Å²) in [6, 6.07) is 14.6. The number of primary amides is 1. The van der Waals surface area contributed by atoms with Gasteiger partial charge in [0.05, 0.1) is 6.54 Å². The highest BCUT2D eigenvalue weighted by Gasteiger charge is 2.11. The maximum atomic E-state index is 12.1. The molecule has 2 amide bonds. The third kappa shape index (κ3) is 5.18. The number of hydrogen-bond acceptors (Lipinski definition) is 3. The summed E-state index contributed by atoms with van der Waals surface area (Å²) in [5.74, 6) is -0.632. The molecule has 0 aliphatic rings. The van der Waals surface area contributed by atoms with Crippen LogP contribution in [0.4, 0.5) is 5.69 Å². The molecule has 0 aliphatic heterocycles. The fourth-order valence-electron chi connectivity index (χ4n) is 2.33. The number of rotatable bonds is 7. The number of nitrogens with one attached hydrogen (secondary N) is 2. The van der Waals surface area contributed by atoms with Crippen molar-refractivity contribution >= 4 is 33.4 Å². The first-order valence-corrected chi connectivity index (χ1v) is 8.47. The number of hydrogen-bond donors (Lipinski definition) is 3. The van der Waals surface area contributed by atoms with E-state index in [2.05, 4.69) is 33.5 Å². The molecule has 126 valence electrons. The number of carbonyl (C=O) groups excluding carboxylic acids is 2. The summed E-state index contributed by atoms with van der Waals surface area (Å²) in [7, 11) is 0. The Hall–Kier alpha value is -2.18. The van der Waals surface area contributed by atoms with Gasteiger partial charge >= 0.3 is 0 Å². The Morgan fingerprint density at radius 2 is 1.71 bits per heavy atom. The molecule has 4 N–H and O–H groups in total. The minimum Gasteiger partial charge on any atom is -0.366 e.